The van der Waals surface area contributed by atoms with Gasteiger partial charge in [0, 0.05) is 18.4 Å². The van der Waals surface area contributed by atoms with Crippen molar-refractivity contribution in [1.29, 1.82) is 0 Å². The van der Waals surface area contributed by atoms with Gasteiger partial charge in [0.05, 0.1) is 7.11 Å². The van der Waals surface area contributed by atoms with Crippen molar-refractivity contribution in [2.75, 3.05) is 7.11 Å². The van der Waals surface area contributed by atoms with E-state index in [2.05, 4.69) is 13.8 Å². The van der Waals surface area contributed by atoms with E-state index in [0.717, 1.165) is 23.3 Å². The Morgan fingerprint density at radius 2 is 2.12 bits per heavy atom. The van der Waals surface area contributed by atoms with Crippen LogP contribution in [0.2, 0.25) is 0 Å². The van der Waals surface area contributed by atoms with Gasteiger partial charge in [0.1, 0.15) is 11.5 Å². The highest BCUT2D eigenvalue weighted by molar-refractivity contribution is 5.81. The molecular formula is C15H22O2. The highest BCUT2D eigenvalue weighted by atomic mass is 16.5. The first-order valence-corrected chi connectivity index (χ1v) is 6.22. The van der Waals surface area contributed by atoms with Gasteiger partial charge in [0.15, 0.2) is 0 Å². The summed E-state index contributed by atoms with van der Waals surface area (Å²) in [5, 5.41) is 0. The molecule has 0 bridgehead atoms. The highest BCUT2D eigenvalue weighted by Crippen LogP contribution is 2.21. The minimum Gasteiger partial charge on any atom is -0.496 e. The van der Waals surface area contributed by atoms with Crippen molar-refractivity contribution in [2.45, 2.75) is 40.0 Å². The number of ether oxygens (including phenoxy) is 1. The zero-order valence-corrected chi connectivity index (χ0v) is 11.2. The summed E-state index contributed by atoms with van der Waals surface area (Å²) in [4.78, 5) is 11.9. The van der Waals surface area contributed by atoms with Crippen molar-refractivity contribution < 1.29 is 9.53 Å². The van der Waals surface area contributed by atoms with Crippen molar-refractivity contribution in [1.82, 2.24) is 0 Å². The Labute approximate surface area is 104 Å². The van der Waals surface area contributed by atoms with E-state index in [1.165, 1.54) is 0 Å². The normalized spacial score (nSPS) is 12.2. The number of hydrogen-bond acceptors (Lipinski definition) is 2. The molecular weight excluding hydrogens is 212 g/mol. The van der Waals surface area contributed by atoms with Crippen LogP contribution in [0, 0.1) is 12.8 Å². The molecule has 0 aliphatic heterocycles. The maximum Gasteiger partial charge on any atom is 0.137 e. The van der Waals surface area contributed by atoms with Crippen molar-refractivity contribution in [2.24, 2.45) is 5.92 Å². The Kier molecular flexibility index (Phi) is 5.20. The van der Waals surface area contributed by atoms with E-state index < -0.39 is 0 Å². The molecule has 1 aromatic rings. The molecule has 0 spiro atoms. The second-order valence-electron chi connectivity index (χ2n) is 4.75. The van der Waals surface area contributed by atoms with Crippen LogP contribution < -0.4 is 4.74 Å². The third-order valence-electron chi connectivity index (χ3n) is 3.10. The van der Waals surface area contributed by atoms with Crippen LogP contribution in [0.15, 0.2) is 18.2 Å². The number of methoxy groups -OCH3 is 1. The van der Waals surface area contributed by atoms with Gasteiger partial charge < -0.3 is 4.74 Å². The van der Waals surface area contributed by atoms with Gasteiger partial charge in [-0.25, -0.2) is 0 Å². The molecule has 94 valence electrons. The largest absolute Gasteiger partial charge is 0.496 e. The van der Waals surface area contributed by atoms with E-state index >= 15 is 0 Å². The first-order chi connectivity index (χ1) is 8.06. The number of aryl methyl sites for hydroxylation is 1. The zero-order valence-electron chi connectivity index (χ0n) is 11.2. The number of carbonyl (C=O) groups excluding carboxylic acids is 1. The monoisotopic (exact) mass is 234 g/mol. The number of carbonyl (C=O) groups is 1. The molecule has 0 aliphatic carbocycles. The van der Waals surface area contributed by atoms with Crippen molar-refractivity contribution in [3.63, 3.8) is 0 Å². The van der Waals surface area contributed by atoms with Crippen molar-refractivity contribution in [3.8, 4) is 5.75 Å². The molecule has 0 amide bonds. The molecule has 1 aromatic carbocycles. The predicted molar refractivity (Wildman–Crippen MR) is 70.5 cm³/mol. The van der Waals surface area contributed by atoms with E-state index in [9.17, 15) is 4.79 Å². The van der Waals surface area contributed by atoms with Crippen LogP contribution in [0.25, 0.3) is 0 Å². The van der Waals surface area contributed by atoms with Gasteiger partial charge in [0.25, 0.3) is 0 Å². The Balaban J connectivity index is 2.73. The third-order valence-corrected chi connectivity index (χ3v) is 3.10. The highest BCUT2D eigenvalue weighted by Gasteiger charge is 2.11. The van der Waals surface area contributed by atoms with Crippen LogP contribution in [-0.2, 0) is 11.2 Å². The summed E-state index contributed by atoms with van der Waals surface area (Å²) in [7, 11) is 1.65. The van der Waals surface area contributed by atoms with Gasteiger partial charge in [-0.2, -0.15) is 0 Å². The van der Waals surface area contributed by atoms with Gasteiger partial charge in [-0.05, 0) is 18.9 Å². The maximum atomic E-state index is 11.9. The summed E-state index contributed by atoms with van der Waals surface area (Å²) in [6, 6.07) is 5.97. The lowest BCUT2D eigenvalue weighted by molar-refractivity contribution is -0.119. The van der Waals surface area contributed by atoms with Crippen LogP contribution >= 0.6 is 0 Å². The predicted octanol–water partition coefficient (Wildman–Crippen LogP) is 3.55. The molecule has 1 unspecified atom stereocenters. The van der Waals surface area contributed by atoms with Crippen LogP contribution in [0.5, 0.6) is 5.75 Å². The molecule has 0 aliphatic rings. The van der Waals surface area contributed by atoms with Gasteiger partial charge >= 0.3 is 0 Å². The van der Waals surface area contributed by atoms with E-state index in [-0.39, 0.29) is 0 Å². The minimum atomic E-state index is 0.295. The minimum absolute atomic E-state index is 0.295. The van der Waals surface area contributed by atoms with E-state index in [1.807, 2.05) is 25.1 Å². The quantitative estimate of drug-likeness (QED) is 0.752. The average Bonchev–Trinajstić information content (AvgIpc) is 2.29. The van der Waals surface area contributed by atoms with E-state index in [0.29, 0.717) is 24.5 Å². The summed E-state index contributed by atoms with van der Waals surface area (Å²) < 4.78 is 5.28. The van der Waals surface area contributed by atoms with Crippen LogP contribution in [0.1, 0.15) is 37.8 Å². The summed E-state index contributed by atoms with van der Waals surface area (Å²) in [5.74, 6) is 1.58. The lowest BCUT2D eigenvalue weighted by atomic mass is 9.97. The molecule has 0 heterocycles. The second kappa shape index (κ2) is 6.43. The molecule has 0 N–H and O–H groups in total. The average molecular weight is 234 g/mol. The fourth-order valence-corrected chi connectivity index (χ4v) is 1.86. The fourth-order valence-electron chi connectivity index (χ4n) is 1.86. The molecule has 0 saturated heterocycles. The van der Waals surface area contributed by atoms with Crippen molar-refractivity contribution >= 4 is 5.78 Å². The van der Waals surface area contributed by atoms with Gasteiger partial charge in [0.2, 0.25) is 0 Å². The summed E-state index contributed by atoms with van der Waals surface area (Å²) in [5.41, 5.74) is 2.16. The number of hydrogen-bond donors (Lipinski definition) is 0. The van der Waals surface area contributed by atoms with Crippen molar-refractivity contribution in [3.05, 3.63) is 29.3 Å². The molecule has 1 atom stereocenters. The Morgan fingerprint density at radius 1 is 1.41 bits per heavy atom. The van der Waals surface area contributed by atoms with E-state index in [1.54, 1.807) is 7.11 Å². The van der Waals surface area contributed by atoms with Gasteiger partial charge in [-0.1, -0.05) is 38.0 Å². The molecule has 2 nitrogen and oxygen atoms in total. The number of benzene rings is 1. The van der Waals surface area contributed by atoms with E-state index in [4.69, 9.17) is 4.74 Å². The number of Topliss-reactive ketones (excluding diaryl/α,β-unsaturated/α-hetero) is 1. The fraction of sp³-hybridized carbons (Fsp3) is 0.533. The van der Waals surface area contributed by atoms with Crippen LogP contribution in [0.4, 0.5) is 0 Å². The SMILES string of the molecule is CCC(C)CC(=O)Cc1cc(C)ccc1OC. The molecule has 17 heavy (non-hydrogen) atoms. The van der Waals surface area contributed by atoms with Gasteiger partial charge in [-0.3, -0.25) is 4.79 Å². The first kappa shape index (κ1) is 13.8. The Morgan fingerprint density at radius 3 is 2.71 bits per heavy atom. The number of ketones is 1. The Bertz CT molecular complexity index is 383. The molecule has 0 radical (unpaired) electrons. The molecule has 2 heteroatoms. The van der Waals surface area contributed by atoms with Crippen LogP contribution in [-0.4, -0.2) is 12.9 Å². The van der Waals surface area contributed by atoms with Crippen LogP contribution in [0.3, 0.4) is 0 Å². The number of rotatable bonds is 6. The zero-order chi connectivity index (χ0) is 12.8. The molecule has 0 fully saturated rings. The third kappa shape index (κ3) is 4.22. The lowest BCUT2D eigenvalue weighted by Gasteiger charge is -2.11. The topological polar surface area (TPSA) is 26.3 Å². The Hall–Kier alpha value is -1.31. The van der Waals surface area contributed by atoms with Gasteiger partial charge in [-0.15, -0.1) is 0 Å². The molecule has 0 saturated carbocycles. The molecule has 0 aromatic heterocycles. The summed E-state index contributed by atoms with van der Waals surface area (Å²) >= 11 is 0. The first-order valence-electron chi connectivity index (χ1n) is 6.22. The molecule has 1 rings (SSSR count). The second-order valence-corrected chi connectivity index (χ2v) is 4.75. The smallest absolute Gasteiger partial charge is 0.137 e. The standard InChI is InChI=1S/C15H22O2/c1-5-11(2)9-14(16)10-13-8-12(3)6-7-15(13)17-4/h6-8,11H,5,9-10H2,1-4H3. The maximum absolute atomic E-state index is 11.9. The lowest BCUT2D eigenvalue weighted by Crippen LogP contribution is -2.08. The summed E-state index contributed by atoms with van der Waals surface area (Å²) in [6.07, 6.45) is 2.19. The summed E-state index contributed by atoms with van der Waals surface area (Å²) in [6.45, 7) is 6.26.